The van der Waals surface area contributed by atoms with E-state index in [1.165, 1.54) is 0 Å². The summed E-state index contributed by atoms with van der Waals surface area (Å²) >= 11 is 0. The van der Waals surface area contributed by atoms with Crippen LogP contribution in [0.25, 0.3) is 16.6 Å². The van der Waals surface area contributed by atoms with Crippen molar-refractivity contribution in [1.82, 2.24) is 14.5 Å². The van der Waals surface area contributed by atoms with E-state index in [-0.39, 0.29) is 0 Å². The summed E-state index contributed by atoms with van der Waals surface area (Å²) in [5.41, 5.74) is 2.97. The van der Waals surface area contributed by atoms with E-state index in [9.17, 15) is 0 Å². The van der Waals surface area contributed by atoms with Crippen molar-refractivity contribution in [3.8, 4) is 5.69 Å². The van der Waals surface area contributed by atoms with Crippen LogP contribution >= 0.6 is 0 Å². The van der Waals surface area contributed by atoms with Crippen LogP contribution in [-0.2, 0) is 10.9 Å². The zero-order valence-electron chi connectivity index (χ0n) is 12.3. The van der Waals surface area contributed by atoms with Gasteiger partial charge in [-0.1, -0.05) is 36.4 Å². The maximum atomic E-state index is 6.24. The third-order valence-electron chi connectivity index (χ3n) is 3.59. The molecule has 2 aromatic heterocycles. The number of aromatic nitrogens is 3. The summed E-state index contributed by atoms with van der Waals surface area (Å²) in [6.45, 7) is 0. The molecule has 3 N–H and O–H groups in total. The van der Waals surface area contributed by atoms with Crippen molar-refractivity contribution < 1.29 is 0 Å². The van der Waals surface area contributed by atoms with Crippen molar-refractivity contribution >= 4 is 27.5 Å². The lowest BCUT2D eigenvalue weighted by Crippen LogP contribution is -2.02. The highest BCUT2D eigenvalue weighted by atomic mass is 32.2. The first-order valence-corrected chi connectivity index (χ1v) is 8.42. The van der Waals surface area contributed by atoms with Crippen LogP contribution in [0.15, 0.2) is 82.7 Å². The summed E-state index contributed by atoms with van der Waals surface area (Å²) in [5.74, 6) is 0. The van der Waals surface area contributed by atoms with Crippen molar-refractivity contribution in [3.05, 3.63) is 73.3 Å². The second-order valence-corrected chi connectivity index (χ2v) is 6.31. The van der Waals surface area contributed by atoms with Gasteiger partial charge in [-0.05, 0) is 18.2 Å². The number of aromatic amines is 1. The molecule has 0 aliphatic carbocycles. The standard InChI is InChI=1S/C17H15N5S/c18-23(21-16-10-19-15-9-5-4-8-14(15)16)17-11-22(12-20-17)13-6-2-1-3-7-13/h1-12,19H,(H2,18,21). The molecule has 2 heterocycles. The highest BCUT2D eigenvalue weighted by molar-refractivity contribution is 7.85. The summed E-state index contributed by atoms with van der Waals surface area (Å²) in [6, 6.07) is 18.1. The fourth-order valence-corrected chi connectivity index (χ4v) is 3.27. The van der Waals surface area contributed by atoms with E-state index in [1.54, 1.807) is 6.33 Å². The number of fused-ring (bicyclic) bond motifs is 1. The number of hydrogen-bond donors (Lipinski definition) is 2. The quantitative estimate of drug-likeness (QED) is 0.603. The number of nitrogens with two attached hydrogens (primary N) is 1. The zero-order chi connectivity index (χ0) is 15.6. The van der Waals surface area contributed by atoms with Gasteiger partial charge < -0.3 is 9.55 Å². The molecular weight excluding hydrogens is 306 g/mol. The molecule has 0 amide bonds. The van der Waals surface area contributed by atoms with Crippen LogP contribution < -0.4 is 5.14 Å². The Morgan fingerprint density at radius 1 is 1.04 bits per heavy atom. The average Bonchev–Trinajstić information content (AvgIpc) is 3.24. The third-order valence-corrected chi connectivity index (χ3v) is 4.62. The maximum Gasteiger partial charge on any atom is 0.140 e. The van der Waals surface area contributed by atoms with Crippen LogP contribution in [-0.4, -0.2) is 14.5 Å². The van der Waals surface area contributed by atoms with Crippen LogP contribution in [0.5, 0.6) is 0 Å². The highest BCUT2D eigenvalue weighted by Crippen LogP contribution is 2.26. The first-order chi connectivity index (χ1) is 11.3. The molecule has 1 atom stereocenters. The number of nitrogens with one attached hydrogen (secondary N) is 1. The second kappa shape index (κ2) is 5.83. The van der Waals surface area contributed by atoms with Gasteiger partial charge in [0, 0.05) is 39.9 Å². The SMILES string of the molecule is NS(=Nc1c[nH]c2ccccc12)c1cn(-c2ccccc2)cn1. The fourth-order valence-electron chi connectivity index (χ4n) is 2.44. The number of imidazole rings is 1. The van der Waals surface area contributed by atoms with Gasteiger partial charge in [0.15, 0.2) is 0 Å². The van der Waals surface area contributed by atoms with E-state index < -0.39 is 10.9 Å². The lowest BCUT2D eigenvalue weighted by atomic mass is 10.2. The van der Waals surface area contributed by atoms with Crippen LogP contribution in [0.1, 0.15) is 0 Å². The Balaban J connectivity index is 1.69. The van der Waals surface area contributed by atoms with Crippen molar-refractivity contribution in [2.45, 2.75) is 5.03 Å². The number of nitrogens with zero attached hydrogens (tertiary/aromatic N) is 3. The molecule has 0 bridgehead atoms. The lowest BCUT2D eigenvalue weighted by Gasteiger charge is -2.00. The maximum absolute atomic E-state index is 6.24. The summed E-state index contributed by atoms with van der Waals surface area (Å²) in [5, 5.41) is 8.07. The van der Waals surface area contributed by atoms with E-state index in [0.717, 1.165) is 27.3 Å². The van der Waals surface area contributed by atoms with E-state index in [2.05, 4.69) is 14.3 Å². The summed E-state index contributed by atoms with van der Waals surface area (Å²) in [4.78, 5) is 7.61. The molecule has 0 aliphatic rings. The number of benzene rings is 2. The van der Waals surface area contributed by atoms with Gasteiger partial charge in [0.2, 0.25) is 0 Å². The van der Waals surface area contributed by atoms with E-state index >= 15 is 0 Å². The van der Waals surface area contributed by atoms with Gasteiger partial charge in [-0.25, -0.2) is 9.35 Å². The van der Waals surface area contributed by atoms with Crippen LogP contribution in [0.4, 0.5) is 5.69 Å². The fraction of sp³-hybridized carbons (Fsp3) is 0. The molecule has 4 rings (SSSR count). The zero-order valence-corrected chi connectivity index (χ0v) is 13.1. The Morgan fingerprint density at radius 2 is 1.83 bits per heavy atom. The summed E-state index contributed by atoms with van der Waals surface area (Å²) in [7, 11) is -0.799. The molecule has 2 aromatic carbocycles. The molecule has 6 heteroatoms. The minimum atomic E-state index is -0.799. The van der Waals surface area contributed by atoms with Crippen molar-refractivity contribution in [3.63, 3.8) is 0 Å². The van der Waals surface area contributed by atoms with E-state index in [4.69, 9.17) is 5.14 Å². The molecular formula is C17H15N5S. The molecule has 1 unspecified atom stereocenters. The van der Waals surface area contributed by atoms with Crippen LogP contribution in [0.2, 0.25) is 0 Å². The van der Waals surface area contributed by atoms with Gasteiger partial charge in [0.25, 0.3) is 0 Å². The Kier molecular flexibility index (Phi) is 3.53. The minimum Gasteiger partial charge on any atom is -0.359 e. The Morgan fingerprint density at radius 3 is 2.70 bits per heavy atom. The second-order valence-electron chi connectivity index (χ2n) is 5.08. The van der Waals surface area contributed by atoms with Gasteiger partial charge in [-0.15, -0.1) is 0 Å². The van der Waals surface area contributed by atoms with Crippen molar-refractivity contribution in [1.29, 1.82) is 0 Å². The molecule has 4 aromatic rings. The molecule has 0 saturated carbocycles. The predicted octanol–water partition coefficient (Wildman–Crippen LogP) is 3.72. The summed E-state index contributed by atoms with van der Waals surface area (Å²) in [6.07, 6.45) is 5.57. The molecule has 23 heavy (non-hydrogen) atoms. The van der Waals surface area contributed by atoms with E-state index in [0.29, 0.717) is 0 Å². The molecule has 0 saturated heterocycles. The van der Waals surface area contributed by atoms with Gasteiger partial charge in [-0.2, -0.15) is 0 Å². The van der Waals surface area contributed by atoms with Gasteiger partial charge in [0.1, 0.15) is 11.4 Å². The normalized spacial score (nSPS) is 12.7. The number of para-hydroxylation sites is 2. The van der Waals surface area contributed by atoms with Crippen molar-refractivity contribution in [2.24, 2.45) is 9.50 Å². The summed E-state index contributed by atoms with van der Waals surface area (Å²) < 4.78 is 6.57. The first kappa shape index (κ1) is 13.9. The van der Waals surface area contributed by atoms with E-state index in [1.807, 2.05) is 71.6 Å². The molecule has 0 aliphatic heterocycles. The Hall–Kier alpha value is -2.70. The largest absolute Gasteiger partial charge is 0.359 e. The van der Waals surface area contributed by atoms with Gasteiger partial charge in [0.05, 0.1) is 5.69 Å². The molecule has 114 valence electrons. The predicted molar refractivity (Wildman–Crippen MR) is 93.8 cm³/mol. The Labute approximate surface area is 136 Å². The number of H-pyrrole nitrogens is 1. The molecule has 0 fully saturated rings. The topological polar surface area (TPSA) is 72.0 Å². The van der Waals surface area contributed by atoms with Crippen LogP contribution in [0.3, 0.4) is 0 Å². The minimum absolute atomic E-state index is 0.763. The van der Waals surface area contributed by atoms with Gasteiger partial charge in [-0.3, -0.25) is 5.14 Å². The molecule has 0 spiro atoms. The smallest absolute Gasteiger partial charge is 0.140 e. The van der Waals surface area contributed by atoms with Crippen molar-refractivity contribution in [2.75, 3.05) is 0 Å². The monoisotopic (exact) mass is 321 g/mol. The molecule has 0 radical (unpaired) electrons. The lowest BCUT2D eigenvalue weighted by molar-refractivity contribution is 1.06. The Bertz CT molecular complexity index is 984. The van der Waals surface area contributed by atoms with Gasteiger partial charge >= 0.3 is 0 Å². The van der Waals surface area contributed by atoms with Crippen LogP contribution in [0, 0.1) is 0 Å². The third kappa shape index (κ3) is 2.69. The highest BCUT2D eigenvalue weighted by Gasteiger charge is 2.06. The average molecular weight is 321 g/mol. The number of hydrogen-bond acceptors (Lipinski definition) is 2. The molecule has 5 nitrogen and oxygen atoms in total. The number of rotatable bonds is 3. The first-order valence-electron chi connectivity index (χ1n) is 7.17.